The number of hydrogen-bond acceptors (Lipinski definition) is 4. The van der Waals surface area contributed by atoms with Crippen LogP contribution in [-0.4, -0.2) is 28.8 Å². The van der Waals surface area contributed by atoms with E-state index in [0.29, 0.717) is 5.92 Å². The predicted molar refractivity (Wildman–Crippen MR) is 73.7 cm³/mol. The van der Waals surface area contributed by atoms with Crippen molar-refractivity contribution in [3.63, 3.8) is 0 Å². The van der Waals surface area contributed by atoms with Crippen LogP contribution >= 0.6 is 11.8 Å². The van der Waals surface area contributed by atoms with Gasteiger partial charge in [0.05, 0.1) is 0 Å². The first kappa shape index (κ1) is 14.2. The lowest BCUT2D eigenvalue weighted by Crippen LogP contribution is -2.25. The van der Waals surface area contributed by atoms with Crippen LogP contribution in [-0.2, 0) is 0 Å². The van der Waals surface area contributed by atoms with E-state index in [1.807, 2.05) is 18.7 Å². The van der Waals surface area contributed by atoms with Crippen molar-refractivity contribution < 1.29 is 10.2 Å². The number of nitrogens with one attached hydrogen (secondary N) is 1. The summed E-state index contributed by atoms with van der Waals surface area (Å²) in [7, 11) is 0. The van der Waals surface area contributed by atoms with Crippen LogP contribution in [0.4, 0.5) is 0 Å². The van der Waals surface area contributed by atoms with Crippen LogP contribution in [0.3, 0.4) is 0 Å². The van der Waals surface area contributed by atoms with Crippen molar-refractivity contribution in [2.75, 3.05) is 18.6 Å². The van der Waals surface area contributed by atoms with Gasteiger partial charge in [-0.1, -0.05) is 6.92 Å². The molecule has 0 fully saturated rings. The number of rotatable bonds is 6. The molecular formula is C13H21NO2S. The summed E-state index contributed by atoms with van der Waals surface area (Å²) in [6.45, 7) is 5.16. The van der Waals surface area contributed by atoms with Gasteiger partial charge in [-0.2, -0.15) is 11.8 Å². The molecule has 0 bridgehead atoms. The van der Waals surface area contributed by atoms with Crippen LogP contribution in [0, 0.1) is 5.92 Å². The molecular weight excluding hydrogens is 234 g/mol. The number of aromatic hydroxyl groups is 2. The molecule has 0 radical (unpaired) electrons. The lowest BCUT2D eigenvalue weighted by atomic mass is 10.1. The van der Waals surface area contributed by atoms with E-state index in [0.717, 1.165) is 17.9 Å². The highest BCUT2D eigenvalue weighted by atomic mass is 32.2. The summed E-state index contributed by atoms with van der Waals surface area (Å²) in [5, 5.41) is 22.2. The minimum atomic E-state index is 0.103. The molecule has 2 unspecified atom stereocenters. The van der Waals surface area contributed by atoms with Crippen molar-refractivity contribution in [2.24, 2.45) is 5.92 Å². The molecule has 0 aliphatic rings. The Balaban J connectivity index is 2.54. The Labute approximate surface area is 107 Å². The summed E-state index contributed by atoms with van der Waals surface area (Å²) in [6, 6.07) is 4.82. The fourth-order valence-electron chi connectivity index (χ4n) is 1.71. The molecule has 0 saturated carbocycles. The fraction of sp³-hybridized carbons (Fsp3) is 0.538. The van der Waals surface area contributed by atoms with E-state index in [4.69, 9.17) is 0 Å². The van der Waals surface area contributed by atoms with Gasteiger partial charge in [-0.25, -0.2) is 0 Å². The highest BCUT2D eigenvalue weighted by Crippen LogP contribution is 2.24. The van der Waals surface area contributed by atoms with Crippen molar-refractivity contribution in [3.8, 4) is 11.5 Å². The van der Waals surface area contributed by atoms with E-state index in [2.05, 4.69) is 18.5 Å². The molecule has 96 valence electrons. The van der Waals surface area contributed by atoms with Gasteiger partial charge in [-0.15, -0.1) is 0 Å². The van der Waals surface area contributed by atoms with Crippen LogP contribution < -0.4 is 5.32 Å². The minimum absolute atomic E-state index is 0.103. The summed E-state index contributed by atoms with van der Waals surface area (Å²) >= 11 is 1.84. The van der Waals surface area contributed by atoms with Crippen LogP contribution in [0.2, 0.25) is 0 Å². The minimum Gasteiger partial charge on any atom is -0.508 e. The highest BCUT2D eigenvalue weighted by molar-refractivity contribution is 7.98. The smallest absolute Gasteiger partial charge is 0.119 e. The second kappa shape index (κ2) is 6.77. The third-order valence-corrected chi connectivity index (χ3v) is 3.55. The Bertz CT molecular complexity index is 337. The highest BCUT2D eigenvalue weighted by Gasteiger charge is 2.09. The van der Waals surface area contributed by atoms with Crippen molar-refractivity contribution in [3.05, 3.63) is 23.8 Å². The van der Waals surface area contributed by atoms with Gasteiger partial charge in [0.15, 0.2) is 0 Å². The van der Waals surface area contributed by atoms with E-state index in [9.17, 15) is 10.2 Å². The molecule has 4 heteroatoms. The van der Waals surface area contributed by atoms with Gasteiger partial charge in [0.2, 0.25) is 0 Å². The Morgan fingerprint density at radius 1 is 1.18 bits per heavy atom. The average Bonchev–Trinajstić information content (AvgIpc) is 2.25. The zero-order chi connectivity index (χ0) is 12.8. The molecule has 3 N–H and O–H groups in total. The van der Waals surface area contributed by atoms with Gasteiger partial charge in [0.25, 0.3) is 0 Å². The summed E-state index contributed by atoms with van der Waals surface area (Å²) in [5.74, 6) is 1.94. The molecule has 17 heavy (non-hydrogen) atoms. The maximum Gasteiger partial charge on any atom is 0.119 e. The van der Waals surface area contributed by atoms with Crippen LogP contribution in [0.5, 0.6) is 11.5 Å². The summed E-state index contributed by atoms with van der Waals surface area (Å²) < 4.78 is 0. The molecule has 0 saturated heterocycles. The molecule has 1 aromatic rings. The van der Waals surface area contributed by atoms with Crippen molar-refractivity contribution in [2.45, 2.75) is 19.9 Å². The van der Waals surface area contributed by atoms with Crippen molar-refractivity contribution in [1.29, 1.82) is 0 Å². The topological polar surface area (TPSA) is 52.5 Å². The van der Waals surface area contributed by atoms with E-state index in [-0.39, 0.29) is 17.5 Å². The molecule has 1 aromatic carbocycles. The maximum atomic E-state index is 9.41. The molecule has 1 rings (SSSR count). The van der Waals surface area contributed by atoms with E-state index in [1.165, 1.54) is 6.07 Å². The van der Waals surface area contributed by atoms with Crippen LogP contribution in [0.1, 0.15) is 25.5 Å². The predicted octanol–water partition coefficient (Wildman–Crippen LogP) is 2.75. The third kappa shape index (κ3) is 4.88. The van der Waals surface area contributed by atoms with Gasteiger partial charge < -0.3 is 15.5 Å². The quantitative estimate of drug-likeness (QED) is 0.731. The lowest BCUT2D eigenvalue weighted by molar-refractivity contribution is 0.444. The normalized spacial score (nSPS) is 14.5. The largest absolute Gasteiger partial charge is 0.508 e. The van der Waals surface area contributed by atoms with Crippen molar-refractivity contribution >= 4 is 11.8 Å². The molecule has 0 heterocycles. The molecule has 0 amide bonds. The summed E-state index contributed by atoms with van der Waals surface area (Å²) in [5.41, 5.74) is 0.902. The molecule has 0 aliphatic carbocycles. The number of benzene rings is 1. The van der Waals surface area contributed by atoms with Crippen molar-refractivity contribution in [1.82, 2.24) is 5.32 Å². The zero-order valence-corrected chi connectivity index (χ0v) is 11.4. The number of thioether (sulfide) groups is 1. The van der Waals surface area contributed by atoms with Gasteiger partial charge in [-0.05, 0) is 49.1 Å². The van der Waals surface area contributed by atoms with Gasteiger partial charge in [-0.3, -0.25) is 0 Å². The van der Waals surface area contributed by atoms with Crippen LogP contribution in [0.25, 0.3) is 0 Å². The second-order valence-corrected chi connectivity index (χ2v) is 5.38. The number of phenols is 2. The Morgan fingerprint density at radius 2 is 1.76 bits per heavy atom. The fourth-order valence-corrected chi connectivity index (χ4v) is 2.39. The van der Waals surface area contributed by atoms with Gasteiger partial charge in [0.1, 0.15) is 11.5 Å². The number of hydrogen-bond donors (Lipinski definition) is 3. The average molecular weight is 255 g/mol. The zero-order valence-electron chi connectivity index (χ0n) is 10.6. The standard InChI is InChI=1S/C13H21NO2S/c1-9(8-17-3)7-14-10(2)11-4-12(15)6-13(16)5-11/h4-6,9-10,14-16H,7-8H2,1-3H3. The van der Waals surface area contributed by atoms with E-state index < -0.39 is 0 Å². The van der Waals surface area contributed by atoms with Crippen LogP contribution in [0.15, 0.2) is 18.2 Å². The third-order valence-electron chi connectivity index (χ3n) is 2.65. The Hall–Kier alpha value is -0.870. The molecule has 0 spiro atoms. The first-order valence-electron chi connectivity index (χ1n) is 5.78. The lowest BCUT2D eigenvalue weighted by Gasteiger charge is -2.18. The molecule has 3 nitrogen and oxygen atoms in total. The van der Waals surface area contributed by atoms with E-state index in [1.54, 1.807) is 12.1 Å². The molecule has 0 aliphatic heterocycles. The monoisotopic (exact) mass is 255 g/mol. The summed E-state index contributed by atoms with van der Waals surface area (Å²) in [4.78, 5) is 0. The number of phenolic OH excluding ortho intramolecular Hbond substituents is 2. The van der Waals surface area contributed by atoms with Gasteiger partial charge >= 0.3 is 0 Å². The molecule has 0 aromatic heterocycles. The Kier molecular flexibility index (Phi) is 5.65. The molecule has 2 atom stereocenters. The summed E-state index contributed by atoms with van der Waals surface area (Å²) in [6.07, 6.45) is 2.10. The SMILES string of the molecule is CSCC(C)CNC(C)c1cc(O)cc(O)c1. The van der Waals surface area contributed by atoms with E-state index >= 15 is 0 Å². The maximum absolute atomic E-state index is 9.41. The first-order chi connectivity index (χ1) is 8.02. The first-order valence-corrected chi connectivity index (χ1v) is 7.17. The Morgan fingerprint density at radius 3 is 2.29 bits per heavy atom. The van der Waals surface area contributed by atoms with Gasteiger partial charge in [0, 0.05) is 12.1 Å². The second-order valence-electron chi connectivity index (χ2n) is 4.47.